The number of nitrogens with two attached hydrogens (primary N) is 1. The molecule has 1 unspecified atom stereocenters. The highest BCUT2D eigenvalue weighted by Crippen LogP contribution is 2.34. The number of amides is 1. The van der Waals surface area contributed by atoms with E-state index in [4.69, 9.17) is 10.5 Å². The quantitative estimate of drug-likeness (QED) is 0.224. The van der Waals surface area contributed by atoms with Gasteiger partial charge in [-0.3, -0.25) is 9.78 Å². The molecule has 0 aliphatic carbocycles. The van der Waals surface area contributed by atoms with Gasteiger partial charge in [-0.15, -0.1) is 12.4 Å². The summed E-state index contributed by atoms with van der Waals surface area (Å²) in [6.07, 6.45) is 4.96. The number of hydrogen-bond donors (Lipinski definition) is 3. The standard InChI is InChI=1S/C32H51N3O3.ClH/c1-8-9-15-35-31(37)23(4)17-29(36)28(33)20-25(22(2)3)18-24-13-14-27(32(5,6)7)30(19-24)38-21-26-12-10-11-16-34-26;/h10-14,16,19,22-23,25,28-29,36H,8-9,15,17-18,20-21,33H2,1-7H3,(H,35,37);1H/t23?,25-,28-,29-;/m0./s1. The summed E-state index contributed by atoms with van der Waals surface area (Å²) in [7, 11) is 0. The molecular weight excluding hydrogens is 510 g/mol. The Kier molecular flexibility index (Phi) is 15.1. The second-order valence-electron chi connectivity index (χ2n) is 12.1. The minimum atomic E-state index is -0.719. The van der Waals surface area contributed by atoms with Crippen LogP contribution in [0.25, 0.3) is 0 Å². The van der Waals surface area contributed by atoms with Crippen LogP contribution in [0, 0.1) is 17.8 Å². The lowest BCUT2D eigenvalue weighted by atomic mass is 9.81. The van der Waals surface area contributed by atoms with E-state index in [-0.39, 0.29) is 41.6 Å². The molecule has 2 rings (SSSR count). The van der Waals surface area contributed by atoms with E-state index in [1.807, 2.05) is 25.1 Å². The maximum atomic E-state index is 12.3. The van der Waals surface area contributed by atoms with E-state index in [0.29, 0.717) is 31.9 Å². The molecule has 0 spiro atoms. The van der Waals surface area contributed by atoms with Crippen molar-refractivity contribution in [3.05, 3.63) is 59.4 Å². The van der Waals surface area contributed by atoms with Crippen LogP contribution in [0.5, 0.6) is 5.75 Å². The average molecular weight is 562 g/mol. The Labute approximate surface area is 242 Å². The highest BCUT2D eigenvalue weighted by Gasteiger charge is 2.27. The molecule has 1 heterocycles. The largest absolute Gasteiger partial charge is 0.487 e. The number of nitrogens with zero attached hydrogens (tertiary/aromatic N) is 1. The zero-order chi connectivity index (χ0) is 28.3. The fourth-order valence-corrected chi connectivity index (χ4v) is 4.68. The van der Waals surface area contributed by atoms with Gasteiger partial charge in [0.1, 0.15) is 12.4 Å². The number of carbonyl (C=O) groups is 1. The van der Waals surface area contributed by atoms with E-state index in [1.54, 1.807) is 6.20 Å². The summed E-state index contributed by atoms with van der Waals surface area (Å²) >= 11 is 0. The van der Waals surface area contributed by atoms with Crippen molar-refractivity contribution in [3.63, 3.8) is 0 Å². The molecule has 220 valence electrons. The first kappa shape index (κ1) is 34.9. The Balaban J connectivity index is 0.00000760. The van der Waals surface area contributed by atoms with Crippen LogP contribution in [0.1, 0.15) is 91.0 Å². The number of rotatable bonds is 15. The van der Waals surface area contributed by atoms with Crippen LogP contribution in [0.2, 0.25) is 0 Å². The van der Waals surface area contributed by atoms with Crippen LogP contribution in [-0.2, 0) is 23.2 Å². The Morgan fingerprint density at radius 1 is 1.13 bits per heavy atom. The predicted molar refractivity (Wildman–Crippen MR) is 163 cm³/mol. The Morgan fingerprint density at radius 2 is 1.85 bits per heavy atom. The van der Waals surface area contributed by atoms with E-state index < -0.39 is 6.10 Å². The molecule has 0 aliphatic heterocycles. The lowest BCUT2D eigenvalue weighted by molar-refractivity contribution is -0.125. The number of carbonyl (C=O) groups excluding carboxylic acids is 1. The Hall–Kier alpha value is -2.15. The number of aromatic nitrogens is 1. The maximum Gasteiger partial charge on any atom is 0.222 e. The van der Waals surface area contributed by atoms with Crippen LogP contribution < -0.4 is 15.8 Å². The van der Waals surface area contributed by atoms with Gasteiger partial charge in [-0.2, -0.15) is 0 Å². The number of ether oxygens (including phenoxy) is 1. The third-order valence-electron chi connectivity index (χ3n) is 7.34. The summed E-state index contributed by atoms with van der Waals surface area (Å²) in [4.78, 5) is 16.7. The molecule has 1 aromatic heterocycles. The van der Waals surface area contributed by atoms with Gasteiger partial charge in [-0.05, 0) is 72.3 Å². The van der Waals surface area contributed by atoms with Crippen molar-refractivity contribution in [1.82, 2.24) is 10.3 Å². The topological polar surface area (TPSA) is 97.5 Å². The van der Waals surface area contributed by atoms with E-state index in [0.717, 1.165) is 36.3 Å². The van der Waals surface area contributed by atoms with Gasteiger partial charge in [0, 0.05) is 24.7 Å². The second-order valence-corrected chi connectivity index (χ2v) is 12.1. The Morgan fingerprint density at radius 3 is 2.44 bits per heavy atom. The average Bonchev–Trinajstić information content (AvgIpc) is 2.86. The number of aliphatic hydroxyl groups excluding tert-OH is 1. The summed E-state index contributed by atoms with van der Waals surface area (Å²) in [5, 5.41) is 13.8. The lowest BCUT2D eigenvalue weighted by Crippen LogP contribution is -2.41. The molecule has 0 radical (unpaired) electrons. The van der Waals surface area contributed by atoms with Crippen molar-refractivity contribution in [2.24, 2.45) is 23.5 Å². The number of aliphatic hydroxyl groups is 1. The van der Waals surface area contributed by atoms with Gasteiger partial charge in [0.15, 0.2) is 0 Å². The molecule has 4 atom stereocenters. The molecule has 4 N–H and O–H groups in total. The number of benzene rings is 1. The molecule has 0 saturated carbocycles. The predicted octanol–water partition coefficient (Wildman–Crippen LogP) is 6.22. The molecule has 0 bridgehead atoms. The van der Waals surface area contributed by atoms with E-state index >= 15 is 0 Å². The minimum absolute atomic E-state index is 0. The molecular formula is C32H52ClN3O3. The first-order valence-corrected chi connectivity index (χ1v) is 14.3. The highest BCUT2D eigenvalue weighted by molar-refractivity contribution is 5.85. The Bertz CT molecular complexity index is 978. The zero-order valence-corrected chi connectivity index (χ0v) is 25.9. The van der Waals surface area contributed by atoms with Gasteiger partial charge in [-0.25, -0.2) is 0 Å². The highest BCUT2D eigenvalue weighted by atomic mass is 35.5. The summed E-state index contributed by atoms with van der Waals surface area (Å²) in [6.45, 7) is 16.0. The smallest absolute Gasteiger partial charge is 0.222 e. The third-order valence-corrected chi connectivity index (χ3v) is 7.34. The SMILES string of the molecule is CCCCNC(=O)C(C)C[C@H](O)[C@@H](N)C[C@H](Cc1ccc(C(C)(C)C)c(OCc2ccccn2)c1)C(C)C.Cl. The molecule has 0 fully saturated rings. The van der Waals surface area contributed by atoms with Gasteiger partial charge in [0.2, 0.25) is 5.91 Å². The second kappa shape index (κ2) is 16.8. The third kappa shape index (κ3) is 11.9. The summed E-state index contributed by atoms with van der Waals surface area (Å²) in [5.41, 5.74) is 9.69. The van der Waals surface area contributed by atoms with E-state index in [1.165, 1.54) is 5.56 Å². The van der Waals surface area contributed by atoms with Crippen LogP contribution in [-0.4, -0.2) is 34.7 Å². The molecule has 1 amide bonds. The maximum absolute atomic E-state index is 12.3. The van der Waals surface area contributed by atoms with Crippen LogP contribution in [0.15, 0.2) is 42.6 Å². The number of pyridine rings is 1. The minimum Gasteiger partial charge on any atom is -0.487 e. The number of hydrogen-bond acceptors (Lipinski definition) is 5. The molecule has 39 heavy (non-hydrogen) atoms. The number of unbranched alkanes of at least 4 members (excludes halogenated alkanes) is 1. The van der Waals surface area contributed by atoms with Gasteiger partial charge in [0.25, 0.3) is 0 Å². The molecule has 7 heteroatoms. The van der Waals surface area contributed by atoms with Crippen molar-refractivity contribution >= 4 is 18.3 Å². The van der Waals surface area contributed by atoms with Crippen molar-refractivity contribution < 1.29 is 14.6 Å². The molecule has 6 nitrogen and oxygen atoms in total. The molecule has 2 aromatic rings. The van der Waals surface area contributed by atoms with E-state index in [9.17, 15) is 9.90 Å². The molecule has 0 saturated heterocycles. The van der Waals surface area contributed by atoms with Gasteiger partial charge < -0.3 is 20.9 Å². The van der Waals surface area contributed by atoms with Gasteiger partial charge >= 0.3 is 0 Å². The summed E-state index contributed by atoms with van der Waals surface area (Å²) in [5.74, 6) is 1.28. The van der Waals surface area contributed by atoms with Crippen molar-refractivity contribution in [3.8, 4) is 5.75 Å². The summed E-state index contributed by atoms with van der Waals surface area (Å²) in [6, 6.07) is 12.0. The first-order chi connectivity index (χ1) is 17.9. The normalized spacial score (nSPS) is 14.7. The fourth-order valence-electron chi connectivity index (χ4n) is 4.68. The lowest BCUT2D eigenvalue weighted by Gasteiger charge is -2.29. The van der Waals surface area contributed by atoms with Gasteiger partial charge in [0.05, 0.1) is 11.8 Å². The van der Waals surface area contributed by atoms with Crippen molar-refractivity contribution in [1.29, 1.82) is 0 Å². The molecule has 1 aromatic carbocycles. The van der Waals surface area contributed by atoms with Crippen molar-refractivity contribution in [2.45, 2.75) is 105 Å². The van der Waals surface area contributed by atoms with Crippen LogP contribution in [0.4, 0.5) is 0 Å². The van der Waals surface area contributed by atoms with E-state index in [2.05, 4.69) is 70.0 Å². The van der Waals surface area contributed by atoms with Crippen LogP contribution >= 0.6 is 12.4 Å². The molecule has 0 aliphatic rings. The van der Waals surface area contributed by atoms with Crippen LogP contribution in [0.3, 0.4) is 0 Å². The first-order valence-electron chi connectivity index (χ1n) is 14.3. The fraction of sp³-hybridized carbons (Fsp3) is 0.625. The summed E-state index contributed by atoms with van der Waals surface area (Å²) < 4.78 is 6.29. The van der Waals surface area contributed by atoms with Gasteiger partial charge in [-0.1, -0.05) is 73.1 Å². The van der Waals surface area contributed by atoms with Crippen molar-refractivity contribution in [2.75, 3.05) is 6.54 Å². The number of halogens is 1. The monoisotopic (exact) mass is 561 g/mol. The number of nitrogens with one attached hydrogen (secondary N) is 1. The zero-order valence-electron chi connectivity index (χ0n) is 25.1.